The smallest absolute Gasteiger partial charge is 0.306 e. The molecule has 0 aromatic rings. The molecule has 462 valence electrons. The van der Waals surface area contributed by atoms with Crippen LogP contribution in [-0.4, -0.2) is 142 Å². The molecule has 0 amide bonds. The van der Waals surface area contributed by atoms with Crippen molar-refractivity contribution < 1.29 is 69.0 Å². The predicted octanol–water partition coefficient (Wildman–Crippen LogP) is 12.9. The number of esters is 1. The Bertz CT molecular complexity index is 1340. The first-order valence-corrected chi connectivity index (χ1v) is 32.8. The minimum atomic E-state index is -1.70. The number of ether oxygens (including phenoxy) is 6. The second-order valence-corrected chi connectivity index (χ2v) is 23.3. The quantitative estimate of drug-likeness (QED) is 0.0172. The van der Waals surface area contributed by atoms with Gasteiger partial charge in [0.1, 0.15) is 54.9 Å². The Kier molecular flexibility index (Phi) is 48.0. The number of rotatable bonds is 55. The molecule has 0 aromatic heterocycles. The van der Waals surface area contributed by atoms with E-state index in [2.05, 4.69) is 26.0 Å². The third-order valence-corrected chi connectivity index (χ3v) is 16.0. The lowest BCUT2D eigenvalue weighted by molar-refractivity contribution is -0.332. The van der Waals surface area contributed by atoms with Gasteiger partial charge >= 0.3 is 5.97 Å². The molecule has 2 fully saturated rings. The number of hydrogen-bond donors (Lipinski definition) is 7. The van der Waals surface area contributed by atoms with Crippen LogP contribution in [0.25, 0.3) is 0 Å². The van der Waals surface area contributed by atoms with Crippen LogP contribution in [0.15, 0.2) is 12.2 Å². The Morgan fingerprint density at radius 2 is 0.756 bits per heavy atom. The fourth-order valence-electron chi connectivity index (χ4n) is 10.8. The molecule has 14 nitrogen and oxygen atoms in total. The maximum absolute atomic E-state index is 13.1. The normalized spacial score (nSPS) is 24.1. The van der Waals surface area contributed by atoms with E-state index in [4.69, 9.17) is 28.4 Å². The van der Waals surface area contributed by atoms with Crippen molar-refractivity contribution in [2.75, 3.05) is 33.0 Å². The van der Waals surface area contributed by atoms with Crippen LogP contribution < -0.4 is 0 Å². The summed E-state index contributed by atoms with van der Waals surface area (Å²) in [7, 11) is 0. The number of carbonyl (C=O) groups is 1. The topological polar surface area (TPSA) is 214 Å². The molecule has 0 aromatic carbocycles. The van der Waals surface area contributed by atoms with Gasteiger partial charge in [-0.25, -0.2) is 0 Å². The summed E-state index contributed by atoms with van der Waals surface area (Å²) in [6, 6.07) is 0. The van der Waals surface area contributed by atoms with E-state index in [0.29, 0.717) is 13.0 Å². The second kappa shape index (κ2) is 51.4. The van der Waals surface area contributed by atoms with E-state index in [9.17, 15) is 40.5 Å². The van der Waals surface area contributed by atoms with E-state index in [-0.39, 0.29) is 25.6 Å². The van der Waals surface area contributed by atoms with Gasteiger partial charge in [-0.2, -0.15) is 0 Å². The van der Waals surface area contributed by atoms with E-state index in [1.54, 1.807) is 0 Å². The molecule has 0 saturated carbocycles. The summed E-state index contributed by atoms with van der Waals surface area (Å²) in [5, 5.41) is 72.5. The van der Waals surface area contributed by atoms with Gasteiger partial charge < -0.3 is 64.2 Å². The zero-order valence-electron chi connectivity index (χ0n) is 49.9. The van der Waals surface area contributed by atoms with E-state index < -0.39 is 80.7 Å². The van der Waals surface area contributed by atoms with Crippen molar-refractivity contribution in [2.45, 2.75) is 357 Å². The van der Waals surface area contributed by atoms with Gasteiger partial charge in [-0.3, -0.25) is 4.79 Å². The number of aliphatic hydroxyl groups excluding tert-OH is 7. The zero-order valence-corrected chi connectivity index (χ0v) is 49.9. The van der Waals surface area contributed by atoms with Crippen molar-refractivity contribution in [1.82, 2.24) is 0 Å². The average Bonchev–Trinajstić information content (AvgIpc) is 3.45. The summed E-state index contributed by atoms with van der Waals surface area (Å²) in [6.45, 7) is 3.76. The van der Waals surface area contributed by atoms with Crippen LogP contribution in [0.4, 0.5) is 0 Å². The molecule has 0 radical (unpaired) electrons. The van der Waals surface area contributed by atoms with Gasteiger partial charge in [0.15, 0.2) is 12.6 Å². The predicted molar refractivity (Wildman–Crippen MR) is 312 cm³/mol. The zero-order chi connectivity index (χ0) is 56.5. The van der Waals surface area contributed by atoms with E-state index in [1.165, 1.54) is 225 Å². The summed E-state index contributed by atoms with van der Waals surface area (Å²) in [4.78, 5) is 13.1. The highest BCUT2D eigenvalue weighted by molar-refractivity contribution is 5.69. The molecule has 2 rings (SSSR count). The Labute approximate surface area is 475 Å². The molecule has 2 aliphatic heterocycles. The summed E-state index contributed by atoms with van der Waals surface area (Å²) in [5.74, 6) is -0.368. The fourth-order valence-corrected chi connectivity index (χ4v) is 10.8. The number of carbonyl (C=O) groups excluding carboxylic acids is 1. The van der Waals surface area contributed by atoms with Crippen LogP contribution in [0, 0.1) is 0 Å². The SMILES string of the molecule is CCCCCCCCCC/C=C\CCCCCCCCCCCCOCC(COC1OC(COC2OC(CO)C(O)C(O)C2O)C(O)C(O)C1O)OC(=O)CCCCCCCCCCCCCCCCCCCCCCCC. The number of unbranched alkanes of at least 4 members (excludes halogenated alkanes) is 39. The lowest BCUT2D eigenvalue weighted by Crippen LogP contribution is -2.61. The van der Waals surface area contributed by atoms with Crippen LogP contribution in [0.5, 0.6) is 0 Å². The van der Waals surface area contributed by atoms with E-state index in [1.807, 2.05) is 0 Å². The lowest BCUT2D eigenvalue weighted by Gasteiger charge is -2.42. The van der Waals surface area contributed by atoms with Crippen LogP contribution >= 0.6 is 0 Å². The van der Waals surface area contributed by atoms with Gasteiger partial charge in [-0.15, -0.1) is 0 Å². The lowest BCUT2D eigenvalue weighted by atomic mass is 9.98. The highest BCUT2D eigenvalue weighted by atomic mass is 16.7. The Hall–Kier alpha value is -1.27. The van der Waals surface area contributed by atoms with Gasteiger partial charge in [0.2, 0.25) is 0 Å². The van der Waals surface area contributed by atoms with Crippen molar-refractivity contribution in [2.24, 2.45) is 0 Å². The van der Waals surface area contributed by atoms with Crippen LogP contribution in [0.3, 0.4) is 0 Å². The standard InChI is InChI=1S/C64H122O14/c1-3-5-7-9-11-13-15-17-19-21-23-25-27-29-31-33-35-37-39-41-43-45-47-56(66)76-53(50-73-48-46-44-42-40-38-36-34-32-30-28-26-24-22-20-18-16-14-12-10-8-6-4-2)51-74-63-62(72)60(70)58(68)55(78-63)52-75-64-61(71)59(69)57(67)54(49-65)77-64/h22,24,53-55,57-65,67-72H,3-21,23,25-52H2,1-2H3/b24-22-. The van der Waals surface area contributed by atoms with E-state index >= 15 is 0 Å². The van der Waals surface area contributed by atoms with Gasteiger partial charge in [0.25, 0.3) is 0 Å². The molecular weight excluding hydrogens is 993 g/mol. The second-order valence-electron chi connectivity index (χ2n) is 23.3. The van der Waals surface area contributed by atoms with Gasteiger partial charge in [-0.05, 0) is 38.5 Å². The maximum Gasteiger partial charge on any atom is 0.306 e. The molecule has 2 saturated heterocycles. The minimum Gasteiger partial charge on any atom is -0.457 e. The first-order valence-electron chi connectivity index (χ1n) is 32.8. The Morgan fingerprint density at radius 3 is 1.17 bits per heavy atom. The van der Waals surface area contributed by atoms with Crippen molar-refractivity contribution in [1.29, 1.82) is 0 Å². The number of allylic oxidation sites excluding steroid dienone is 2. The molecule has 2 heterocycles. The van der Waals surface area contributed by atoms with Crippen molar-refractivity contribution >= 4 is 5.97 Å². The summed E-state index contributed by atoms with van der Waals surface area (Å²) < 4.78 is 34.5. The Balaban J connectivity index is 1.66. The van der Waals surface area contributed by atoms with Crippen molar-refractivity contribution in [3.8, 4) is 0 Å². The van der Waals surface area contributed by atoms with Crippen molar-refractivity contribution in [3.63, 3.8) is 0 Å². The average molecular weight is 1120 g/mol. The molecule has 11 unspecified atom stereocenters. The minimum absolute atomic E-state index is 0.0672. The largest absolute Gasteiger partial charge is 0.457 e. The summed E-state index contributed by atoms with van der Waals surface area (Å²) in [6.07, 6.45) is 42.8. The number of aliphatic hydroxyl groups is 7. The summed E-state index contributed by atoms with van der Waals surface area (Å²) >= 11 is 0. The van der Waals surface area contributed by atoms with Gasteiger partial charge in [0, 0.05) is 13.0 Å². The molecule has 14 heteroatoms. The monoisotopic (exact) mass is 1110 g/mol. The molecule has 2 aliphatic rings. The van der Waals surface area contributed by atoms with Crippen LogP contribution in [-0.2, 0) is 33.2 Å². The molecule has 78 heavy (non-hydrogen) atoms. The summed E-state index contributed by atoms with van der Waals surface area (Å²) in [5.41, 5.74) is 0. The Morgan fingerprint density at radius 1 is 0.410 bits per heavy atom. The highest BCUT2D eigenvalue weighted by Crippen LogP contribution is 2.27. The first kappa shape index (κ1) is 72.8. The maximum atomic E-state index is 13.1. The first-order chi connectivity index (χ1) is 38.1. The molecule has 0 aliphatic carbocycles. The third-order valence-electron chi connectivity index (χ3n) is 16.0. The molecule has 0 spiro atoms. The van der Waals surface area contributed by atoms with Gasteiger partial charge in [-0.1, -0.05) is 257 Å². The number of hydrogen-bond acceptors (Lipinski definition) is 14. The molecular formula is C64H122O14. The van der Waals surface area contributed by atoms with Crippen LogP contribution in [0.2, 0.25) is 0 Å². The van der Waals surface area contributed by atoms with Gasteiger partial charge in [0.05, 0.1) is 26.4 Å². The molecule has 0 bridgehead atoms. The molecule has 7 N–H and O–H groups in total. The molecule has 11 atom stereocenters. The van der Waals surface area contributed by atoms with Crippen LogP contribution in [0.1, 0.15) is 290 Å². The third kappa shape index (κ3) is 37.0. The van der Waals surface area contributed by atoms with E-state index in [0.717, 1.165) is 38.5 Å². The fraction of sp³-hybridized carbons (Fsp3) is 0.953. The van der Waals surface area contributed by atoms with Crippen molar-refractivity contribution in [3.05, 3.63) is 12.2 Å². The highest BCUT2D eigenvalue weighted by Gasteiger charge is 2.47.